The minimum Gasteiger partial charge on any atom is -0.370 e. The molecular formula is C17H23N3O. The van der Waals surface area contributed by atoms with Crippen LogP contribution in [0.25, 0.3) is 10.9 Å². The Bertz CT molecular complexity index is 624. The van der Waals surface area contributed by atoms with Crippen LogP contribution in [-0.2, 0) is 0 Å². The van der Waals surface area contributed by atoms with Crippen LogP contribution < -0.4 is 5.32 Å². The largest absolute Gasteiger partial charge is 0.370 e. The number of para-hydroxylation sites is 1. The zero-order chi connectivity index (χ0) is 15.2. The van der Waals surface area contributed by atoms with Crippen LogP contribution in [0.1, 0.15) is 37.6 Å². The average Bonchev–Trinajstić information content (AvgIpc) is 2.51. The lowest BCUT2D eigenvalue weighted by Gasteiger charge is -2.21. The van der Waals surface area contributed by atoms with E-state index in [9.17, 15) is 4.79 Å². The zero-order valence-electron chi connectivity index (χ0n) is 13.0. The summed E-state index contributed by atoms with van der Waals surface area (Å²) < 4.78 is 0. The Kier molecular flexibility index (Phi) is 5.14. The second-order valence-electron chi connectivity index (χ2n) is 4.99. The summed E-state index contributed by atoms with van der Waals surface area (Å²) in [5.74, 6) is 0.837. The minimum absolute atomic E-state index is 0.0807. The van der Waals surface area contributed by atoms with Gasteiger partial charge in [0.1, 0.15) is 5.82 Å². The first-order valence-corrected chi connectivity index (χ1v) is 7.64. The zero-order valence-corrected chi connectivity index (χ0v) is 13.0. The van der Waals surface area contributed by atoms with E-state index in [1.54, 1.807) is 0 Å². The molecule has 21 heavy (non-hydrogen) atoms. The maximum absolute atomic E-state index is 12.8. The molecule has 0 spiro atoms. The Morgan fingerprint density at radius 1 is 1.24 bits per heavy atom. The molecule has 0 atom stereocenters. The van der Waals surface area contributed by atoms with Gasteiger partial charge in [-0.05, 0) is 32.4 Å². The first kappa shape index (κ1) is 15.3. The normalized spacial score (nSPS) is 10.6. The summed E-state index contributed by atoms with van der Waals surface area (Å²) in [6.07, 6.45) is 0.961. The number of rotatable bonds is 6. The fourth-order valence-corrected chi connectivity index (χ4v) is 2.47. The molecule has 0 aliphatic carbocycles. The van der Waals surface area contributed by atoms with E-state index in [0.717, 1.165) is 48.3 Å². The molecule has 1 aromatic heterocycles. The monoisotopic (exact) mass is 285 g/mol. The molecule has 0 aliphatic heterocycles. The van der Waals surface area contributed by atoms with E-state index in [1.807, 2.05) is 49.1 Å². The van der Waals surface area contributed by atoms with Crippen molar-refractivity contribution in [1.29, 1.82) is 0 Å². The molecule has 0 unspecified atom stereocenters. The number of hydrogen-bond acceptors (Lipinski definition) is 3. The van der Waals surface area contributed by atoms with E-state index in [1.165, 1.54) is 0 Å². The molecule has 4 nitrogen and oxygen atoms in total. The third-order valence-corrected chi connectivity index (χ3v) is 3.47. The van der Waals surface area contributed by atoms with Gasteiger partial charge < -0.3 is 10.2 Å². The van der Waals surface area contributed by atoms with Crippen molar-refractivity contribution in [2.75, 3.05) is 25.0 Å². The third-order valence-electron chi connectivity index (χ3n) is 3.47. The molecule has 2 rings (SSSR count). The van der Waals surface area contributed by atoms with E-state index in [-0.39, 0.29) is 5.91 Å². The Hall–Kier alpha value is -2.10. The molecule has 0 fully saturated rings. The molecule has 2 aromatic rings. The molecule has 0 aliphatic rings. The fraction of sp³-hybridized carbons (Fsp3) is 0.412. The molecule has 0 radical (unpaired) electrons. The lowest BCUT2D eigenvalue weighted by Crippen LogP contribution is -2.31. The van der Waals surface area contributed by atoms with Gasteiger partial charge in [-0.15, -0.1) is 0 Å². The SMILES string of the molecule is CCCN(CC)C(=O)c1cc(NCC)nc2ccccc12. The Balaban J connectivity index is 2.52. The summed E-state index contributed by atoms with van der Waals surface area (Å²) in [6, 6.07) is 9.67. The number of anilines is 1. The van der Waals surface area contributed by atoms with Gasteiger partial charge in [-0.2, -0.15) is 0 Å². The van der Waals surface area contributed by atoms with Crippen LogP contribution in [0.2, 0.25) is 0 Å². The van der Waals surface area contributed by atoms with Gasteiger partial charge in [-0.1, -0.05) is 25.1 Å². The van der Waals surface area contributed by atoms with Gasteiger partial charge in [0.15, 0.2) is 0 Å². The standard InChI is InChI=1S/C17H23N3O/c1-4-11-20(6-3)17(21)14-12-16(18-5-2)19-15-10-8-7-9-13(14)15/h7-10,12H,4-6,11H2,1-3H3,(H,18,19). The van der Waals surface area contributed by atoms with Gasteiger partial charge in [0, 0.05) is 25.0 Å². The highest BCUT2D eigenvalue weighted by atomic mass is 16.2. The van der Waals surface area contributed by atoms with Crippen LogP contribution in [0.3, 0.4) is 0 Å². The van der Waals surface area contributed by atoms with Crippen LogP contribution in [0, 0.1) is 0 Å². The summed E-state index contributed by atoms with van der Waals surface area (Å²) >= 11 is 0. The van der Waals surface area contributed by atoms with Crippen molar-refractivity contribution in [3.63, 3.8) is 0 Å². The number of fused-ring (bicyclic) bond motifs is 1. The number of amides is 1. The van der Waals surface area contributed by atoms with E-state index >= 15 is 0 Å². The van der Waals surface area contributed by atoms with Crippen molar-refractivity contribution < 1.29 is 4.79 Å². The summed E-state index contributed by atoms with van der Waals surface area (Å²) in [6.45, 7) is 8.41. The van der Waals surface area contributed by atoms with E-state index < -0.39 is 0 Å². The number of aromatic nitrogens is 1. The molecule has 1 N–H and O–H groups in total. The molecule has 0 saturated heterocycles. The molecular weight excluding hydrogens is 262 g/mol. The van der Waals surface area contributed by atoms with Gasteiger partial charge in [0.25, 0.3) is 5.91 Å². The number of nitrogens with zero attached hydrogens (tertiary/aromatic N) is 2. The molecule has 1 aromatic carbocycles. The van der Waals surface area contributed by atoms with Gasteiger partial charge >= 0.3 is 0 Å². The first-order valence-electron chi connectivity index (χ1n) is 7.64. The predicted molar refractivity (Wildman–Crippen MR) is 87.8 cm³/mol. The van der Waals surface area contributed by atoms with Crippen molar-refractivity contribution in [1.82, 2.24) is 9.88 Å². The number of nitrogens with one attached hydrogen (secondary N) is 1. The maximum atomic E-state index is 12.8. The smallest absolute Gasteiger partial charge is 0.254 e. The number of pyridine rings is 1. The number of hydrogen-bond donors (Lipinski definition) is 1. The van der Waals surface area contributed by atoms with Crippen LogP contribution in [-0.4, -0.2) is 35.4 Å². The quantitative estimate of drug-likeness (QED) is 0.883. The Morgan fingerprint density at radius 2 is 2.00 bits per heavy atom. The maximum Gasteiger partial charge on any atom is 0.254 e. The highest BCUT2D eigenvalue weighted by Crippen LogP contribution is 2.22. The summed E-state index contributed by atoms with van der Waals surface area (Å²) in [7, 11) is 0. The summed E-state index contributed by atoms with van der Waals surface area (Å²) in [4.78, 5) is 19.3. The second-order valence-corrected chi connectivity index (χ2v) is 4.99. The second kappa shape index (κ2) is 7.07. The molecule has 1 heterocycles. The van der Waals surface area contributed by atoms with E-state index in [4.69, 9.17) is 0 Å². The third kappa shape index (κ3) is 3.32. The minimum atomic E-state index is 0.0807. The first-order chi connectivity index (χ1) is 10.2. The number of benzene rings is 1. The fourth-order valence-electron chi connectivity index (χ4n) is 2.47. The Morgan fingerprint density at radius 3 is 2.67 bits per heavy atom. The number of carbonyl (C=O) groups excluding carboxylic acids is 1. The van der Waals surface area contributed by atoms with E-state index in [2.05, 4.69) is 17.2 Å². The van der Waals surface area contributed by atoms with Crippen molar-refractivity contribution in [2.45, 2.75) is 27.2 Å². The Labute approximate surface area is 126 Å². The van der Waals surface area contributed by atoms with Crippen LogP contribution in [0.15, 0.2) is 30.3 Å². The lowest BCUT2D eigenvalue weighted by atomic mass is 10.1. The average molecular weight is 285 g/mol. The topological polar surface area (TPSA) is 45.2 Å². The van der Waals surface area contributed by atoms with Gasteiger partial charge in [0.2, 0.25) is 0 Å². The molecule has 0 saturated carbocycles. The van der Waals surface area contributed by atoms with Crippen LogP contribution >= 0.6 is 0 Å². The van der Waals surface area contributed by atoms with Crippen LogP contribution in [0.5, 0.6) is 0 Å². The molecule has 1 amide bonds. The molecule has 0 bridgehead atoms. The van der Waals surface area contributed by atoms with Crippen molar-refractivity contribution in [2.24, 2.45) is 0 Å². The summed E-state index contributed by atoms with van der Waals surface area (Å²) in [5.41, 5.74) is 1.58. The predicted octanol–water partition coefficient (Wildman–Crippen LogP) is 3.54. The van der Waals surface area contributed by atoms with E-state index in [0.29, 0.717) is 0 Å². The number of carbonyl (C=O) groups is 1. The highest BCUT2D eigenvalue weighted by molar-refractivity contribution is 6.06. The van der Waals surface area contributed by atoms with Crippen molar-refractivity contribution >= 4 is 22.6 Å². The van der Waals surface area contributed by atoms with Crippen molar-refractivity contribution in [3.05, 3.63) is 35.9 Å². The van der Waals surface area contributed by atoms with Crippen LogP contribution in [0.4, 0.5) is 5.82 Å². The molecule has 4 heteroatoms. The molecule has 112 valence electrons. The van der Waals surface area contributed by atoms with Crippen molar-refractivity contribution in [3.8, 4) is 0 Å². The summed E-state index contributed by atoms with van der Waals surface area (Å²) in [5, 5.41) is 4.12. The lowest BCUT2D eigenvalue weighted by molar-refractivity contribution is 0.0766. The van der Waals surface area contributed by atoms with Gasteiger partial charge in [0.05, 0.1) is 11.1 Å². The highest BCUT2D eigenvalue weighted by Gasteiger charge is 2.17. The van der Waals surface area contributed by atoms with Gasteiger partial charge in [-0.25, -0.2) is 4.98 Å². The van der Waals surface area contributed by atoms with Gasteiger partial charge in [-0.3, -0.25) is 4.79 Å².